The summed E-state index contributed by atoms with van der Waals surface area (Å²) in [4.78, 5) is 49.6. The van der Waals surface area contributed by atoms with Gasteiger partial charge >= 0.3 is 17.9 Å². The van der Waals surface area contributed by atoms with Crippen LogP contribution in [-0.2, 0) is 61.8 Å². The summed E-state index contributed by atoms with van der Waals surface area (Å²) in [6, 6.07) is 11.2. The SMILES string of the molecule is CO[C@@H]1O[C@@H]2COC(c3ccccc3)O[C@H]2[C@H](O[C@@H]2O[C@H](COC(C)=O)[C@@H](OC(C)=O)[C@H](OC(C)=O)[C@H]2n2c(C)ccc2C)[C@H]1NC(C)=O. The van der Waals surface area contributed by atoms with Crippen molar-refractivity contribution in [2.75, 3.05) is 20.3 Å². The van der Waals surface area contributed by atoms with Crippen molar-refractivity contribution in [3.8, 4) is 0 Å². The average molecular weight is 689 g/mol. The van der Waals surface area contributed by atoms with E-state index in [-0.39, 0.29) is 19.1 Å². The number of esters is 3. The van der Waals surface area contributed by atoms with Gasteiger partial charge in [-0.25, -0.2) is 0 Å². The van der Waals surface area contributed by atoms with Crippen LogP contribution in [-0.4, -0.2) is 104 Å². The Balaban J connectivity index is 1.61. The maximum Gasteiger partial charge on any atom is 0.303 e. The first-order chi connectivity index (χ1) is 23.4. The molecule has 268 valence electrons. The van der Waals surface area contributed by atoms with Crippen LogP contribution in [0.1, 0.15) is 57.0 Å². The van der Waals surface area contributed by atoms with Gasteiger partial charge < -0.3 is 52.5 Å². The van der Waals surface area contributed by atoms with Gasteiger partial charge in [0.15, 0.2) is 31.1 Å². The lowest BCUT2D eigenvalue weighted by Crippen LogP contribution is -2.69. The molecule has 1 N–H and O–H groups in total. The minimum atomic E-state index is -1.26. The number of aryl methyl sites for hydroxylation is 2. The molecular weight excluding hydrogens is 644 g/mol. The monoisotopic (exact) mass is 688 g/mol. The van der Waals surface area contributed by atoms with Crippen molar-refractivity contribution in [2.45, 2.75) is 109 Å². The van der Waals surface area contributed by atoms with Gasteiger partial charge in [0, 0.05) is 51.8 Å². The molecule has 2 aromatic rings. The standard InChI is InChI=1S/C34H44N2O13/c1-17-13-14-18(2)36(17)27-31(45-22(6)40)29(44-21(5)39)24(15-42-20(4)38)47-34(27)49-30-26(35-19(3)37)33(41-7)46-25-16-43-32(48-28(25)30)23-11-9-8-10-12-23/h8-14,24-34H,15-16H2,1-7H3,(H,35,37)/t24-,25-,26-,27-,28-,29-,30-,31-,32?,33-,34+/m1/s1. The fourth-order valence-electron chi connectivity index (χ4n) is 6.68. The number of hydrogen-bond donors (Lipinski definition) is 1. The maximum absolute atomic E-state index is 12.7. The van der Waals surface area contributed by atoms with Crippen molar-refractivity contribution < 1.29 is 61.8 Å². The molecule has 1 aromatic heterocycles. The second kappa shape index (κ2) is 15.8. The number of benzene rings is 1. The number of methoxy groups -OCH3 is 1. The van der Waals surface area contributed by atoms with Crippen LogP contribution in [0.4, 0.5) is 0 Å². The first-order valence-electron chi connectivity index (χ1n) is 16.1. The number of aromatic nitrogens is 1. The molecule has 15 heteroatoms. The number of carbonyl (C=O) groups excluding carboxylic acids is 4. The Morgan fingerprint density at radius 1 is 0.816 bits per heavy atom. The summed E-state index contributed by atoms with van der Waals surface area (Å²) in [6.07, 6.45) is -9.05. The third-order valence-corrected chi connectivity index (χ3v) is 8.60. The molecule has 3 fully saturated rings. The van der Waals surface area contributed by atoms with E-state index < -0.39 is 85.5 Å². The van der Waals surface area contributed by atoms with Gasteiger partial charge in [0.1, 0.15) is 43.1 Å². The Bertz CT molecular complexity index is 1460. The van der Waals surface area contributed by atoms with Gasteiger partial charge in [0.25, 0.3) is 0 Å². The van der Waals surface area contributed by atoms with Crippen molar-refractivity contribution >= 4 is 23.8 Å². The highest BCUT2D eigenvalue weighted by Crippen LogP contribution is 2.41. The molecule has 0 radical (unpaired) electrons. The fourth-order valence-corrected chi connectivity index (χ4v) is 6.68. The van der Waals surface area contributed by atoms with Crippen LogP contribution in [0.5, 0.6) is 0 Å². The summed E-state index contributed by atoms with van der Waals surface area (Å²) in [5, 5.41) is 2.89. The van der Waals surface area contributed by atoms with Gasteiger partial charge in [-0.1, -0.05) is 30.3 Å². The summed E-state index contributed by atoms with van der Waals surface area (Å²) in [7, 11) is 1.44. The zero-order valence-electron chi connectivity index (χ0n) is 28.6. The number of amides is 1. The van der Waals surface area contributed by atoms with E-state index in [2.05, 4.69) is 5.32 Å². The van der Waals surface area contributed by atoms with Crippen LogP contribution in [0.2, 0.25) is 0 Å². The van der Waals surface area contributed by atoms with Crippen LogP contribution in [0, 0.1) is 13.8 Å². The van der Waals surface area contributed by atoms with E-state index in [1.807, 2.05) is 60.9 Å². The van der Waals surface area contributed by atoms with E-state index >= 15 is 0 Å². The van der Waals surface area contributed by atoms with Crippen molar-refractivity contribution in [2.24, 2.45) is 0 Å². The number of fused-ring (bicyclic) bond motifs is 1. The van der Waals surface area contributed by atoms with E-state index in [1.165, 1.54) is 34.8 Å². The molecule has 3 aliphatic rings. The molecule has 1 aromatic carbocycles. The predicted octanol–water partition coefficient (Wildman–Crippen LogP) is 2.17. The van der Waals surface area contributed by atoms with Crippen LogP contribution < -0.4 is 5.32 Å². The maximum atomic E-state index is 12.7. The fraction of sp³-hybridized carbons (Fsp3) is 0.588. The third-order valence-electron chi connectivity index (χ3n) is 8.60. The van der Waals surface area contributed by atoms with Gasteiger partial charge in [0.2, 0.25) is 5.91 Å². The topological polar surface area (TPSA) is 168 Å². The molecule has 4 heterocycles. The summed E-state index contributed by atoms with van der Waals surface area (Å²) < 4.78 is 56.7. The number of carbonyl (C=O) groups is 4. The van der Waals surface area contributed by atoms with Gasteiger partial charge in [-0.05, 0) is 26.0 Å². The van der Waals surface area contributed by atoms with Crippen LogP contribution in [0.25, 0.3) is 0 Å². The van der Waals surface area contributed by atoms with E-state index in [0.29, 0.717) is 0 Å². The predicted molar refractivity (Wildman–Crippen MR) is 168 cm³/mol. The second-order valence-corrected chi connectivity index (χ2v) is 12.3. The van der Waals surface area contributed by atoms with Crippen molar-refractivity contribution in [1.82, 2.24) is 9.88 Å². The molecule has 0 spiro atoms. The van der Waals surface area contributed by atoms with Crippen LogP contribution in [0.15, 0.2) is 42.5 Å². The molecule has 0 bridgehead atoms. The number of ether oxygens (including phenoxy) is 9. The number of nitrogens with one attached hydrogen (secondary N) is 1. The Hall–Kier alpha value is -3.86. The van der Waals surface area contributed by atoms with E-state index in [0.717, 1.165) is 17.0 Å². The highest BCUT2D eigenvalue weighted by molar-refractivity contribution is 5.73. The van der Waals surface area contributed by atoms with Gasteiger partial charge in [-0.3, -0.25) is 19.2 Å². The largest absolute Gasteiger partial charge is 0.463 e. The van der Waals surface area contributed by atoms with E-state index in [1.54, 1.807) is 0 Å². The molecule has 1 amide bonds. The van der Waals surface area contributed by atoms with Crippen molar-refractivity contribution in [3.05, 3.63) is 59.4 Å². The highest BCUT2D eigenvalue weighted by atomic mass is 16.8. The summed E-state index contributed by atoms with van der Waals surface area (Å²) in [5.41, 5.74) is 2.29. The molecule has 5 rings (SSSR count). The summed E-state index contributed by atoms with van der Waals surface area (Å²) >= 11 is 0. The number of hydrogen-bond acceptors (Lipinski definition) is 13. The van der Waals surface area contributed by atoms with Crippen molar-refractivity contribution in [1.29, 1.82) is 0 Å². The van der Waals surface area contributed by atoms with Gasteiger partial charge in [0.05, 0.1) is 6.61 Å². The normalized spacial score (nSPS) is 32.8. The minimum Gasteiger partial charge on any atom is -0.463 e. The Kier molecular flexibility index (Phi) is 11.7. The molecule has 11 atom stereocenters. The minimum absolute atomic E-state index is 0.112. The molecule has 15 nitrogen and oxygen atoms in total. The second-order valence-electron chi connectivity index (χ2n) is 12.3. The summed E-state index contributed by atoms with van der Waals surface area (Å²) in [5.74, 6) is -2.30. The van der Waals surface area contributed by atoms with E-state index in [9.17, 15) is 19.2 Å². The Labute approximate surface area is 284 Å². The zero-order valence-corrected chi connectivity index (χ0v) is 28.6. The first kappa shape index (κ1) is 36.4. The molecular formula is C34H44N2O13. The first-order valence-corrected chi connectivity index (χ1v) is 16.1. The molecule has 3 saturated heterocycles. The number of nitrogens with zero attached hydrogens (tertiary/aromatic N) is 1. The lowest BCUT2D eigenvalue weighted by molar-refractivity contribution is -0.371. The van der Waals surface area contributed by atoms with Gasteiger partial charge in [-0.15, -0.1) is 0 Å². The number of rotatable bonds is 10. The lowest BCUT2D eigenvalue weighted by Gasteiger charge is -2.52. The van der Waals surface area contributed by atoms with E-state index in [4.69, 9.17) is 42.6 Å². The Morgan fingerprint density at radius 3 is 2.06 bits per heavy atom. The summed E-state index contributed by atoms with van der Waals surface area (Å²) in [6.45, 7) is 8.52. The highest BCUT2D eigenvalue weighted by Gasteiger charge is 2.57. The third kappa shape index (κ3) is 8.31. The van der Waals surface area contributed by atoms with Gasteiger partial charge in [-0.2, -0.15) is 0 Å². The average Bonchev–Trinajstić information content (AvgIpc) is 3.38. The molecule has 1 unspecified atom stereocenters. The quantitative estimate of drug-likeness (QED) is 0.285. The molecule has 49 heavy (non-hydrogen) atoms. The Morgan fingerprint density at radius 2 is 1.47 bits per heavy atom. The molecule has 3 aliphatic heterocycles. The van der Waals surface area contributed by atoms with Crippen molar-refractivity contribution in [3.63, 3.8) is 0 Å². The van der Waals surface area contributed by atoms with Crippen LogP contribution >= 0.6 is 0 Å². The van der Waals surface area contributed by atoms with Crippen LogP contribution in [0.3, 0.4) is 0 Å². The zero-order chi connectivity index (χ0) is 35.4. The molecule has 0 saturated carbocycles. The lowest BCUT2D eigenvalue weighted by atomic mass is 9.93. The smallest absolute Gasteiger partial charge is 0.303 e. The molecule has 0 aliphatic carbocycles.